The smallest absolute Gasteiger partial charge is 0.193 e. The summed E-state index contributed by atoms with van der Waals surface area (Å²) in [4.78, 5) is 9.72. The first-order valence-corrected chi connectivity index (χ1v) is 7.64. The number of rotatable bonds is 7. The summed E-state index contributed by atoms with van der Waals surface area (Å²) in [7, 11) is 1.77. The lowest BCUT2D eigenvalue weighted by Crippen LogP contribution is -2.37. The van der Waals surface area contributed by atoms with Crippen molar-refractivity contribution in [3.63, 3.8) is 0 Å². The van der Waals surface area contributed by atoms with Crippen LogP contribution < -0.4 is 10.6 Å². The van der Waals surface area contributed by atoms with Crippen molar-refractivity contribution in [2.45, 2.75) is 19.9 Å². The van der Waals surface area contributed by atoms with Gasteiger partial charge < -0.3 is 15.4 Å². The molecule has 0 saturated heterocycles. The summed E-state index contributed by atoms with van der Waals surface area (Å²) in [6.07, 6.45) is 5.01. The highest BCUT2D eigenvalue weighted by atomic mass is 127. The van der Waals surface area contributed by atoms with Crippen LogP contribution in [0.1, 0.15) is 19.0 Å². The Morgan fingerprint density at radius 3 is 3.05 bits per heavy atom. The summed E-state index contributed by atoms with van der Waals surface area (Å²) in [6, 6.07) is 0. The molecule has 21 heavy (non-hydrogen) atoms. The van der Waals surface area contributed by atoms with Gasteiger partial charge in [-0.15, -0.1) is 35.3 Å². The Bertz CT molecular complexity index is 525. The molecule has 118 valence electrons. The Balaban J connectivity index is 0.00000220. The van der Waals surface area contributed by atoms with Gasteiger partial charge in [0.1, 0.15) is 0 Å². The fraction of sp³-hybridized carbons (Fsp3) is 0.538. The Hall–Kier alpha value is -0.870. The molecule has 0 unspecified atom stereocenters. The minimum absolute atomic E-state index is 0. The van der Waals surface area contributed by atoms with Crippen LogP contribution in [0.25, 0.3) is 4.96 Å². The maximum absolute atomic E-state index is 5.29. The number of ether oxygens (including phenoxy) is 1. The van der Waals surface area contributed by atoms with Crippen LogP contribution in [-0.2, 0) is 11.3 Å². The SMILES string of the molecule is CCOCCCNC(=NC)NCc1cn2ccsc2n1.I. The van der Waals surface area contributed by atoms with Gasteiger partial charge in [-0.25, -0.2) is 4.98 Å². The molecular formula is C13H22IN5OS. The first kappa shape index (κ1) is 18.2. The molecule has 0 atom stereocenters. The third-order valence-corrected chi connectivity index (χ3v) is 3.54. The second-order valence-corrected chi connectivity index (χ2v) is 5.10. The first-order valence-electron chi connectivity index (χ1n) is 6.76. The van der Waals surface area contributed by atoms with Crippen molar-refractivity contribution in [3.05, 3.63) is 23.5 Å². The number of thiazole rings is 1. The largest absolute Gasteiger partial charge is 0.382 e. The predicted molar refractivity (Wildman–Crippen MR) is 97.8 cm³/mol. The Kier molecular flexibility index (Phi) is 8.62. The number of hydrogen-bond donors (Lipinski definition) is 2. The van der Waals surface area contributed by atoms with Gasteiger partial charge in [0.2, 0.25) is 0 Å². The summed E-state index contributed by atoms with van der Waals surface area (Å²) in [6.45, 7) is 5.06. The van der Waals surface area contributed by atoms with E-state index in [0.29, 0.717) is 6.54 Å². The quantitative estimate of drug-likeness (QED) is 0.310. The van der Waals surface area contributed by atoms with E-state index in [0.717, 1.165) is 42.8 Å². The fourth-order valence-corrected chi connectivity index (χ4v) is 2.50. The molecule has 0 aromatic carbocycles. The number of nitrogens with zero attached hydrogens (tertiary/aromatic N) is 3. The van der Waals surface area contributed by atoms with E-state index in [2.05, 4.69) is 20.6 Å². The number of guanidine groups is 1. The summed E-state index contributed by atoms with van der Waals surface area (Å²) < 4.78 is 7.32. The lowest BCUT2D eigenvalue weighted by molar-refractivity contribution is 0.145. The molecule has 0 fully saturated rings. The van der Waals surface area contributed by atoms with Crippen LogP contribution in [0.5, 0.6) is 0 Å². The van der Waals surface area contributed by atoms with Crippen molar-refractivity contribution in [3.8, 4) is 0 Å². The van der Waals surface area contributed by atoms with Gasteiger partial charge in [-0.1, -0.05) is 0 Å². The summed E-state index contributed by atoms with van der Waals surface area (Å²) >= 11 is 1.63. The molecular weight excluding hydrogens is 401 g/mol. The molecule has 0 spiro atoms. The number of aromatic nitrogens is 2. The van der Waals surface area contributed by atoms with Crippen LogP contribution in [0.15, 0.2) is 22.8 Å². The lowest BCUT2D eigenvalue weighted by atomic mass is 10.4. The zero-order valence-electron chi connectivity index (χ0n) is 12.3. The predicted octanol–water partition coefficient (Wildman–Crippen LogP) is 2.11. The molecule has 2 rings (SSSR count). The molecule has 0 bridgehead atoms. The lowest BCUT2D eigenvalue weighted by Gasteiger charge is -2.10. The van der Waals surface area contributed by atoms with Crippen LogP contribution >= 0.6 is 35.3 Å². The van der Waals surface area contributed by atoms with Gasteiger partial charge in [-0.2, -0.15) is 0 Å². The van der Waals surface area contributed by atoms with Gasteiger partial charge in [0.25, 0.3) is 0 Å². The Labute approximate surface area is 146 Å². The van der Waals surface area contributed by atoms with Crippen molar-refractivity contribution in [2.24, 2.45) is 4.99 Å². The van der Waals surface area contributed by atoms with Crippen molar-refractivity contribution in [1.29, 1.82) is 0 Å². The van der Waals surface area contributed by atoms with Crippen LogP contribution in [0.4, 0.5) is 0 Å². The van der Waals surface area contributed by atoms with E-state index in [4.69, 9.17) is 4.74 Å². The van der Waals surface area contributed by atoms with Crippen molar-refractivity contribution < 1.29 is 4.74 Å². The monoisotopic (exact) mass is 423 g/mol. The standard InChI is InChI=1S/C13H21N5OS.HI/c1-3-19-7-4-5-15-12(14-2)16-9-11-10-18-6-8-20-13(18)17-11;/h6,8,10H,3-5,7,9H2,1-2H3,(H2,14,15,16);1H. The zero-order chi connectivity index (χ0) is 14.2. The number of nitrogens with one attached hydrogen (secondary N) is 2. The molecule has 0 amide bonds. The van der Waals surface area contributed by atoms with E-state index in [1.807, 2.05) is 29.1 Å². The second-order valence-electron chi connectivity index (χ2n) is 4.23. The third-order valence-electron chi connectivity index (χ3n) is 2.77. The number of halogens is 1. The van der Waals surface area contributed by atoms with E-state index in [1.54, 1.807) is 18.4 Å². The Morgan fingerprint density at radius 2 is 2.33 bits per heavy atom. The van der Waals surface area contributed by atoms with E-state index in [-0.39, 0.29) is 24.0 Å². The van der Waals surface area contributed by atoms with Gasteiger partial charge >= 0.3 is 0 Å². The fourth-order valence-electron chi connectivity index (χ4n) is 1.78. The van der Waals surface area contributed by atoms with Crippen molar-refractivity contribution in [1.82, 2.24) is 20.0 Å². The van der Waals surface area contributed by atoms with Gasteiger partial charge in [0.05, 0.1) is 12.2 Å². The topological polar surface area (TPSA) is 63.0 Å². The molecule has 2 N–H and O–H groups in total. The number of fused-ring (bicyclic) bond motifs is 1. The van der Waals surface area contributed by atoms with Gasteiger partial charge in [-0.05, 0) is 13.3 Å². The maximum Gasteiger partial charge on any atom is 0.193 e. The minimum atomic E-state index is 0. The molecule has 0 saturated carbocycles. The average molecular weight is 423 g/mol. The van der Waals surface area contributed by atoms with Crippen molar-refractivity contribution >= 4 is 46.2 Å². The molecule has 2 aromatic rings. The van der Waals surface area contributed by atoms with E-state index in [9.17, 15) is 0 Å². The van der Waals surface area contributed by atoms with E-state index < -0.39 is 0 Å². The molecule has 0 radical (unpaired) electrons. The zero-order valence-corrected chi connectivity index (χ0v) is 15.5. The molecule has 6 nitrogen and oxygen atoms in total. The Morgan fingerprint density at radius 1 is 1.48 bits per heavy atom. The minimum Gasteiger partial charge on any atom is -0.382 e. The van der Waals surface area contributed by atoms with Gasteiger partial charge in [0, 0.05) is 44.6 Å². The number of aliphatic imine (C=N–C) groups is 1. The maximum atomic E-state index is 5.29. The normalized spacial score (nSPS) is 11.4. The summed E-state index contributed by atoms with van der Waals surface area (Å²) in [5, 5.41) is 8.53. The van der Waals surface area contributed by atoms with E-state index in [1.165, 1.54) is 0 Å². The molecule has 0 aliphatic carbocycles. The highest BCUT2D eigenvalue weighted by Gasteiger charge is 2.03. The molecule has 0 aliphatic heterocycles. The first-order chi connectivity index (χ1) is 9.83. The molecule has 8 heteroatoms. The van der Waals surface area contributed by atoms with Crippen LogP contribution in [0.2, 0.25) is 0 Å². The van der Waals surface area contributed by atoms with E-state index >= 15 is 0 Å². The van der Waals surface area contributed by atoms with Gasteiger partial charge in [0.15, 0.2) is 10.9 Å². The van der Waals surface area contributed by atoms with Crippen LogP contribution in [-0.4, -0.2) is 42.2 Å². The average Bonchev–Trinajstić information content (AvgIpc) is 3.03. The molecule has 2 heterocycles. The number of imidazole rings is 1. The van der Waals surface area contributed by atoms with Crippen molar-refractivity contribution in [2.75, 3.05) is 26.8 Å². The molecule has 0 aliphatic rings. The number of hydrogen-bond acceptors (Lipinski definition) is 4. The van der Waals surface area contributed by atoms with Crippen LogP contribution in [0, 0.1) is 0 Å². The highest BCUT2D eigenvalue weighted by Crippen LogP contribution is 2.10. The van der Waals surface area contributed by atoms with Gasteiger partial charge in [-0.3, -0.25) is 9.39 Å². The van der Waals surface area contributed by atoms with Crippen LogP contribution in [0.3, 0.4) is 0 Å². The second kappa shape index (κ2) is 9.96. The molecule has 2 aromatic heterocycles. The highest BCUT2D eigenvalue weighted by molar-refractivity contribution is 14.0. The summed E-state index contributed by atoms with van der Waals surface area (Å²) in [5.41, 5.74) is 1.01. The summed E-state index contributed by atoms with van der Waals surface area (Å²) in [5.74, 6) is 0.790. The third kappa shape index (κ3) is 5.79.